The van der Waals surface area contributed by atoms with E-state index in [0.717, 1.165) is 18.7 Å². The van der Waals surface area contributed by atoms with E-state index in [-0.39, 0.29) is 18.5 Å². The number of aliphatic hydroxyl groups excluding tert-OH is 1. The van der Waals surface area contributed by atoms with Crippen LogP contribution in [0.5, 0.6) is 0 Å². The SMILES string of the molecule is C[C@H](O)c1ccc(C2CCNCC2)cc1.Cl. The van der Waals surface area contributed by atoms with Gasteiger partial charge in [0.05, 0.1) is 6.10 Å². The summed E-state index contributed by atoms with van der Waals surface area (Å²) in [5.74, 6) is 0.703. The first kappa shape index (κ1) is 13.5. The van der Waals surface area contributed by atoms with Crippen LogP contribution in [0.25, 0.3) is 0 Å². The maximum atomic E-state index is 9.41. The number of halogens is 1. The highest BCUT2D eigenvalue weighted by molar-refractivity contribution is 5.85. The van der Waals surface area contributed by atoms with E-state index in [1.807, 2.05) is 12.1 Å². The monoisotopic (exact) mass is 241 g/mol. The van der Waals surface area contributed by atoms with Crippen LogP contribution >= 0.6 is 12.4 Å². The van der Waals surface area contributed by atoms with Crippen LogP contribution in [-0.4, -0.2) is 18.2 Å². The van der Waals surface area contributed by atoms with Crippen molar-refractivity contribution in [3.8, 4) is 0 Å². The highest BCUT2D eigenvalue weighted by atomic mass is 35.5. The predicted molar refractivity (Wildman–Crippen MR) is 69.2 cm³/mol. The molecule has 1 aliphatic heterocycles. The minimum Gasteiger partial charge on any atom is -0.389 e. The Kier molecular flexibility index (Phi) is 5.26. The molecule has 0 bridgehead atoms. The van der Waals surface area contributed by atoms with Crippen LogP contribution in [0.3, 0.4) is 0 Å². The largest absolute Gasteiger partial charge is 0.389 e. The Labute approximate surface area is 103 Å². The molecule has 1 aromatic rings. The Morgan fingerprint density at radius 3 is 2.25 bits per heavy atom. The fourth-order valence-corrected chi connectivity index (χ4v) is 2.20. The van der Waals surface area contributed by atoms with Crippen molar-refractivity contribution in [3.63, 3.8) is 0 Å². The summed E-state index contributed by atoms with van der Waals surface area (Å²) in [4.78, 5) is 0. The number of hydrogen-bond donors (Lipinski definition) is 2. The van der Waals surface area contributed by atoms with E-state index in [1.165, 1.54) is 18.4 Å². The van der Waals surface area contributed by atoms with Crippen molar-refractivity contribution in [1.82, 2.24) is 5.32 Å². The lowest BCUT2D eigenvalue weighted by Gasteiger charge is -2.23. The average molecular weight is 242 g/mol. The molecule has 1 saturated heterocycles. The maximum absolute atomic E-state index is 9.41. The molecule has 2 N–H and O–H groups in total. The normalized spacial score (nSPS) is 18.9. The van der Waals surface area contributed by atoms with Crippen LogP contribution in [0.15, 0.2) is 24.3 Å². The van der Waals surface area contributed by atoms with E-state index in [9.17, 15) is 5.11 Å². The van der Waals surface area contributed by atoms with Gasteiger partial charge in [-0.25, -0.2) is 0 Å². The molecule has 0 aromatic heterocycles. The molecule has 0 radical (unpaired) electrons. The summed E-state index contributed by atoms with van der Waals surface area (Å²) < 4.78 is 0. The highest BCUT2D eigenvalue weighted by Crippen LogP contribution is 2.26. The summed E-state index contributed by atoms with van der Waals surface area (Å²) >= 11 is 0. The summed E-state index contributed by atoms with van der Waals surface area (Å²) in [6.45, 7) is 4.06. The molecule has 16 heavy (non-hydrogen) atoms. The fraction of sp³-hybridized carbons (Fsp3) is 0.538. The van der Waals surface area contributed by atoms with Gasteiger partial charge in [0.1, 0.15) is 0 Å². The molecule has 0 unspecified atom stereocenters. The molecule has 0 saturated carbocycles. The molecule has 1 aliphatic rings. The van der Waals surface area contributed by atoms with Crippen LogP contribution < -0.4 is 5.32 Å². The van der Waals surface area contributed by atoms with Crippen LogP contribution in [0.1, 0.15) is 42.9 Å². The van der Waals surface area contributed by atoms with Gasteiger partial charge in [0.2, 0.25) is 0 Å². The van der Waals surface area contributed by atoms with Gasteiger partial charge in [-0.15, -0.1) is 12.4 Å². The van der Waals surface area contributed by atoms with Crippen molar-refractivity contribution >= 4 is 12.4 Å². The Morgan fingerprint density at radius 2 is 1.75 bits per heavy atom. The molecule has 0 aliphatic carbocycles. The molecule has 1 aromatic carbocycles. The zero-order valence-electron chi connectivity index (χ0n) is 9.65. The first-order chi connectivity index (χ1) is 7.27. The molecule has 1 heterocycles. The second kappa shape index (κ2) is 6.24. The quantitative estimate of drug-likeness (QED) is 0.835. The van der Waals surface area contributed by atoms with Crippen LogP contribution in [0.4, 0.5) is 0 Å². The second-order valence-electron chi connectivity index (χ2n) is 4.37. The fourth-order valence-electron chi connectivity index (χ4n) is 2.20. The van der Waals surface area contributed by atoms with Crippen LogP contribution in [0.2, 0.25) is 0 Å². The summed E-state index contributed by atoms with van der Waals surface area (Å²) in [5, 5.41) is 12.8. The Bertz CT molecular complexity index is 304. The molecule has 1 fully saturated rings. The third-order valence-electron chi connectivity index (χ3n) is 3.23. The van der Waals surface area contributed by atoms with Crippen molar-refractivity contribution < 1.29 is 5.11 Å². The van der Waals surface area contributed by atoms with Crippen molar-refractivity contribution in [2.24, 2.45) is 0 Å². The van der Waals surface area contributed by atoms with E-state index in [0.29, 0.717) is 5.92 Å². The molecular weight excluding hydrogens is 222 g/mol. The van der Waals surface area contributed by atoms with Gasteiger partial charge >= 0.3 is 0 Å². The molecule has 1 atom stereocenters. The summed E-state index contributed by atoms with van der Waals surface area (Å²) in [6, 6.07) is 8.42. The third-order valence-corrected chi connectivity index (χ3v) is 3.23. The average Bonchev–Trinajstić information content (AvgIpc) is 2.30. The van der Waals surface area contributed by atoms with E-state index in [4.69, 9.17) is 0 Å². The zero-order valence-corrected chi connectivity index (χ0v) is 10.5. The van der Waals surface area contributed by atoms with Gasteiger partial charge in [0.15, 0.2) is 0 Å². The van der Waals surface area contributed by atoms with Gasteiger partial charge in [-0.1, -0.05) is 24.3 Å². The van der Waals surface area contributed by atoms with Crippen LogP contribution in [-0.2, 0) is 0 Å². The number of hydrogen-bond acceptors (Lipinski definition) is 2. The van der Waals surface area contributed by atoms with E-state index >= 15 is 0 Å². The van der Waals surface area contributed by atoms with Gasteiger partial charge in [-0.2, -0.15) is 0 Å². The molecule has 0 spiro atoms. The number of aliphatic hydroxyl groups is 1. The smallest absolute Gasteiger partial charge is 0.0761 e. The first-order valence-electron chi connectivity index (χ1n) is 5.76. The lowest BCUT2D eigenvalue weighted by molar-refractivity contribution is 0.199. The Hall–Kier alpha value is -0.570. The number of piperidine rings is 1. The van der Waals surface area contributed by atoms with E-state index in [2.05, 4.69) is 17.4 Å². The van der Waals surface area contributed by atoms with Gasteiger partial charge in [0, 0.05) is 0 Å². The molecule has 2 nitrogen and oxygen atoms in total. The highest BCUT2D eigenvalue weighted by Gasteiger charge is 2.14. The molecule has 2 rings (SSSR count). The van der Waals surface area contributed by atoms with Gasteiger partial charge in [-0.05, 0) is 49.9 Å². The minimum atomic E-state index is -0.355. The number of nitrogens with one attached hydrogen (secondary N) is 1. The summed E-state index contributed by atoms with van der Waals surface area (Å²) in [6.07, 6.45) is 2.11. The predicted octanol–water partition coefficient (Wildman–Crippen LogP) is 2.63. The summed E-state index contributed by atoms with van der Waals surface area (Å²) in [7, 11) is 0. The Morgan fingerprint density at radius 1 is 1.19 bits per heavy atom. The maximum Gasteiger partial charge on any atom is 0.0761 e. The van der Waals surface area contributed by atoms with Gasteiger partial charge < -0.3 is 10.4 Å². The van der Waals surface area contributed by atoms with Gasteiger partial charge in [0.25, 0.3) is 0 Å². The van der Waals surface area contributed by atoms with Crippen molar-refractivity contribution in [1.29, 1.82) is 0 Å². The number of benzene rings is 1. The first-order valence-corrected chi connectivity index (χ1v) is 5.76. The Balaban J connectivity index is 0.00000128. The van der Waals surface area contributed by atoms with Crippen molar-refractivity contribution in [2.75, 3.05) is 13.1 Å². The van der Waals surface area contributed by atoms with Crippen molar-refractivity contribution in [2.45, 2.75) is 31.8 Å². The summed E-state index contributed by atoms with van der Waals surface area (Å²) in [5.41, 5.74) is 2.42. The molecular formula is C13H20ClNO. The zero-order chi connectivity index (χ0) is 10.7. The van der Waals surface area contributed by atoms with E-state index in [1.54, 1.807) is 6.92 Å². The molecule has 0 amide bonds. The second-order valence-corrected chi connectivity index (χ2v) is 4.37. The molecule has 90 valence electrons. The lowest BCUT2D eigenvalue weighted by Crippen LogP contribution is -2.26. The van der Waals surface area contributed by atoms with Crippen molar-refractivity contribution in [3.05, 3.63) is 35.4 Å². The van der Waals surface area contributed by atoms with Crippen LogP contribution in [0, 0.1) is 0 Å². The topological polar surface area (TPSA) is 32.3 Å². The molecule has 3 heteroatoms. The standard InChI is InChI=1S/C13H19NO.ClH/c1-10(15)11-2-4-12(5-3-11)13-6-8-14-9-7-13;/h2-5,10,13-15H,6-9H2,1H3;1H/t10-;/m0./s1. The number of rotatable bonds is 2. The third kappa shape index (κ3) is 3.21. The van der Waals surface area contributed by atoms with E-state index < -0.39 is 0 Å². The lowest BCUT2D eigenvalue weighted by atomic mass is 9.89. The van der Waals surface area contributed by atoms with Gasteiger partial charge in [-0.3, -0.25) is 0 Å². The minimum absolute atomic E-state index is 0.